The summed E-state index contributed by atoms with van der Waals surface area (Å²) in [6.07, 6.45) is 2.61. The molecule has 0 radical (unpaired) electrons. The number of carbonyl (C=O) groups excluding carboxylic acids is 1. The molecule has 2 heterocycles. The summed E-state index contributed by atoms with van der Waals surface area (Å²) >= 11 is 0. The van der Waals surface area contributed by atoms with Crippen LogP contribution in [0.2, 0.25) is 0 Å². The van der Waals surface area contributed by atoms with E-state index in [1.54, 1.807) is 0 Å². The van der Waals surface area contributed by atoms with E-state index in [4.69, 9.17) is 4.74 Å². The van der Waals surface area contributed by atoms with Gasteiger partial charge < -0.3 is 20.3 Å². The molecule has 6 nitrogen and oxygen atoms in total. The number of piperidine rings is 1. The molecule has 0 aliphatic carbocycles. The molecule has 1 aromatic rings. The number of amides is 1. The first-order valence-corrected chi connectivity index (χ1v) is 9.39. The van der Waals surface area contributed by atoms with Gasteiger partial charge in [-0.3, -0.25) is 4.79 Å². The van der Waals surface area contributed by atoms with Crippen molar-refractivity contribution in [3.63, 3.8) is 0 Å². The molecule has 8 heteroatoms. The van der Waals surface area contributed by atoms with E-state index < -0.39 is 11.6 Å². The Hall–Kier alpha value is -2.38. The quantitative estimate of drug-likeness (QED) is 0.465. The van der Waals surface area contributed by atoms with Crippen molar-refractivity contribution >= 4 is 11.9 Å². The number of guanidine groups is 1. The Kier molecular flexibility index (Phi) is 6.13. The van der Waals surface area contributed by atoms with Gasteiger partial charge in [-0.15, -0.1) is 0 Å². The van der Waals surface area contributed by atoms with E-state index in [2.05, 4.69) is 20.5 Å². The number of rotatable bonds is 5. The van der Waals surface area contributed by atoms with Crippen molar-refractivity contribution in [2.45, 2.75) is 26.2 Å². The first-order chi connectivity index (χ1) is 13.0. The van der Waals surface area contributed by atoms with Crippen LogP contribution >= 0.6 is 0 Å². The number of aliphatic imine (C=N–C) groups is 1. The lowest BCUT2D eigenvalue weighted by molar-refractivity contribution is -0.119. The number of likely N-dealkylation sites (tertiary alicyclic amines) is 1. The summed E-state index contributed by atoms with van der Waals surface area (Å²) in [5.74, 6) is -0.440. The topological polar surface area (TPSA) is 66.0 Å². The molecule has 0 saturated carbocycles. The number of carbonyl (C=O) groups is 1. The van der Waals surface area contributed by atoms with Crippen LogP contribution < -0.4 is 15.4 Å². The highest BCUT2D eigenvalue weighted by Gasteiger charge is 2.42. The molecule has 0 aromatic heterocycles. The lowest BCUT2D eigenvalue weighted by atomic mass is 9.79. The van der Waals surface area contributed by atoms with E-state index in [1.165, 1.54) is 6.07 Å². The van der Waals surface area contributed by atoms with Gasteiger partial charge >= 0.3 is 0 Å². The molecular formula is C19H26F2N4O2. The Bertz CT molecular complexity index is 713. The molecule has 27 heavy (non-hydrogen) atoms. The first-order valence-electron chi connectivity index (χ1n) is 9.39. The maximum absolute atomic E-state index is 13.6. The molecule has 1 aromatic carbocycles. The SMILES string of the molecule is CCNC(=NCCOc1ccc(F)cc1F)N1CCCC2(CNC(=O)C2)C1. The minimum absolute atomic E-state index is 0.0146. The zero-order valence-electron chi connectivity index (χ0n) is 15.6. The van der Waals surface area contributed by atoms with E-state index in [9.17, 15) is 13.6 Å². The molecular weight excluding hydrogens is 354 g/mol. The molecule has 0 bridgehead atoms. The zero-order chi connectivity index (χ0) is 19.3. The minimum atomic E-state index is -0.720. The van der Waals surface area contributed by atoms with E-state index in [0.717, 1.165) is 50.6 Å². The van der Waals surface area contributed by atoms with Crippen molar-refractivity contribution in [2.24, 2.45) is 10.4 Å². The summed E-state index contributed by atoms with van der Waals surface area (Å²) in [7, 11) is 0. The molecule has 2 fully saturated rings. The molecule has 1 atom stereocenters. The van der Waals surface area contributed by atoms with Crippen molar-refractivity contribution in [2.75, 3.05) is 39.3 Å². The van der Waals surface area contributed by atoms with Gasteiger partial charge in [0.2, 0.25) is 5.91 Å². The highest BCUT2D eigenvalue weighted by atomic mass is 19.1. The van der Waals surface area contributed by atoms with E-state index >= 15 is 0 Å². The van der Waals surface area contributed by atoms with Crippen molar-refractivity contribution in [1.82, 2.24) is 15.5 Å². The molecule has 2 N–H and O–H groups in total. The average molecular weight is 380 g/mol. The van der Waals surface area contributed by atoms with Crippen LogP contribution in [-0.2, 0) is 4.79 Å². The number of hydrogen-bond donors (Lipinski definition) is 2. The summed E-state index contributed by atoms with van der Waals surface area (Å²) in [5.41, 5.74) is -0.0146. The second kappa shape index (κ2) is 8.54. The predicted molar refractivity (Wildman–Crippen MR) is 98.7 cm³/mol. The fraction of sp³-hybridized carbons (Fsp3) is 0.579. The number of hydrogen-bond acceptors (Lipinski definition) is 3. The maximum atomic E-state index is 13.6. The van der Waals surface area contributed by atoms with Crippen molar-refractivity contribution < 1.29 is 18.3 Å². The molecule has 1 spiro atoms. The highest BCUT2D eigenvalue weighted by Crippen LogP contribution is 2.36. The maximum Gasteiger partial charge on any atom is 0.220 e. The minimum Gasteiger partial charge on any atom is -0.489 e. The first kappa shape index (κ1) is 19.4. The summed E-state index contributed by atoms with van der Waals surface area (Å²) in [6.45, 7) is 5.65. The number of nitrogens with one attached hydrogen (secondary N) is 2. The van der Waals surface area contributed by atoms with Crippen LogP contribution in [0.3, 0.4) is 0 Å². The zero-order valence-corrected chi connectivity index (χ0v) is 15.6. The van der Waals surface area contributed by atoms with Crippen LogP contribution in [0.5, 0.6) is 5.75 Å². The van der Waals surface area contributed by atoms with Gasteiger partial charge in [-0.1, -0.05) is 0 Å². The molecule has 148 valence electrons. The normalized spacial score (nSPS) is 22.9. The van der Waals surface area contributed by atoms with Crippen LogP contribution in [0, 0.1) is 17.0 Å². The highest BCUT2D eigenvalue weighted by molar-refractivity contribution is 5.81. The Morgan fingerprint density at radius 2 is 2.30 bits per heavy atom. The van der Waals surface area contributed by atoms with E-state index in [1.807, 2.05) is 6.92 Å². The molecule has 2 saturated heterocycles. The number of nitrogens with zero attached hydrogens (tertiary/aromatic N) is 2. The van der Waals surface area contributed by atoms with Gasteiger partial charge in [-0.05, 0) is 31.9 Å². The molecule has 2 aliphatic rings. The van der Waals surface area contributed by atoms with E-state index in [-0.39, 0.29) is 23.7 Å². The summed E-state index contributed by atoms with van der Waals surface area (Å²) < 4.78 is 31.9. The van der Waals surface area contributed by atoms with Gasteiger partial charge in [0.1, 0.15) is 12.4 Å². The third-order valence-electron chi connectivity index (χ3n) is 5.00. The number of halogens is 2. The standard InChI is InChI=1S/C19H26F2N4O2/c1-2-22-18(23-7-9-27-16-5-4-14(20)10-15(16)21)25-8-3-6-19(13-25)11-17(26)24-12-19/h4-5,10H,2-3,6-9,11-13H2,1H3,(H,22,23)(H,24,26). The second-order valence-corrected chi connectivity index (χ2v) is 7.14. The van der Waals surface area contributed by atoms with Gasteiger partial charge in [0.15, 0.2) is 17.5 Å². The van der Waals surface area contributed by atoms with Crippen LogP contribution in [-0.4, -0.2) is 56.1 Å². The average Bonchev–Trinajstić information content (AvgIpc) is 2.99. The van der Waals surface area contributed by atoms with Crippen molar-refractivity contribution in [3.8, 4) is 5.75 Å². The smallest absolute Gasteiger partial charge is 0.220 e. The Balaban J connectivity index is 1.58. The molecule has 2 aliphatic heterocycles. The van der Waals surface area contributed by atoms with Crippen LogP contribution in [0.25, 0.3) is 0 Å². The van der Waals surface area contributed by atoms with Gasteiger partial charge in [0.05, 0.1) is 6.54 Å². The predicted octanol–water partition coefficient (Wildman–Crippen LogP) is 1.91. The van der Waals surface area contributed by atoms with Crippen LogP contribution in [0.1, 0.15) is 26.2 Å². The third-order valence-corrected chi connectivity index (χ3v) is 5.00. The van der Waals surface area contributed by atoms with Crippen molar-refractivity contribution in [1.29, 1.82) is 0 Å². The van der Waals surface area contributed by atoms with Gasteiger partial charge in [-0.2, -0.15) is 0 Å². The number of ether oxygens (including phenoxy) is 1. The fourth-order valence-electron chi connectivity index (χ4n) is 3.75. The monoisotopic (exact) mass is 380 g/mol. The summed E-state index contributed by atoms with van der Waals surface area (Å²) in [5, 5.41) is 6.22. The van der Waals surface area contributed by atoms with Gasteiger partial charge in [0.25, 0.3) is 0 Å². The Labute approximate surface area is 158 Å². The third kappa shape index (κ3) is 4.87. The summed E-state index contributed by atoms with van der Waals surface area (Å²) in [6, 6.07) is 3.24. The lowest BCUT2D eigenvalue weighted by Crippen LogP contribution is -2.51. The Morgan fingerprint density at radius 1 is 1.44 bits per heavy atom. The van der Waals surface area contributed by atoms with Gasteiger partial charge in [-0.25, -0.2) is 13.8 Å². The van der Waals surface area contributed by atoms with Gasteiger partial charge in [0, 0.05) is 44.1 Å². The largest absolute Gasteiger partial charge is 0.489 e. The van der Waals surface area contributed by atoms with E-state index in [0.29, 0.717) is 19.5 Å². The summed E-state index contributed by atoms with van der Waals surface area (Å²) in [4.78, 5) is 18.4. The molecule has 3 rings (SSSR count). The second-order valence-electron chi connectivity index (χ2n) is 7.14. The molecule has 1 amide bonds. The Morgan fingerprint density at radius 3 is 3.00 bits per heavy atom. The fourth-order valence-corrected chi connectivity index (χ4v) is 3.75. The van der Waals surface area contributed by atoms with Crippen LogP contribution in [0.4, 0.5) is 8.78 Å². The lowest BCUT2D eigenvalue weighted by Gasteiger charge is -2.40. The molecule has 1 unspecified atom stereocenters. The number of benzene rings is 1. The van der Waals surface area contributed by atoms with Crippen molar-refractivity contribution in [3.05, 3.63) is 29.8 Å². The van der Waals surface area contributed by atoms with Crippen LogP contribution in [0.15, 0.2) is 23.2 Å².